The van der Waals surface area contributed by atoms with Gasteiger partial charge in [0.25, 0.3) is 5.91 Å². The zero-order valence-corrected chi connectivity index (χ0v) is 18.6. The Morgan fingerprint density at radius 2 is 1.77 bits per heavy atom. The molecule has 2 aliphatic heterocycles. The van der Waals surface area contributed by atoms with Gasteiger partial charge in [0.05, 0.1) is 35.9 Å². The van der Waals surface area contributed by atoms with Gasteiger partial charge in [-0.25, -0.2) is 17.6 Å². The van der Waals surface area contributed by atoms with Crippen molar-refractivity contribution in [1.29, 1.82) is 0 Å². The number of amides is 1. The SMILES string of the molecule is CC1CN(C(=O)C(C)OC(=O)c2cc(S(=O)(=O)N3CCOCC3)ccc2F)CC(C)O1. The summed E-state index contributed by atoms with van der Waals surface area (Å²) in [5.74, 6) is -2.46. The second-order valence-corrected chi connectivity index (χ2v) is 9.64. The number of hydrogen-bond acceptors (Lipinski definition) is 7. The molecule has 3 atom stereocenters. The van der Waals surface area contributed by atoms with Crippen LogP contribution in [0.4, 0.5) is 4.39 Å². The minimum absolute atomic E-state index is 0.157. The molecule has 9 nitrogen and oxygen atoms in total. The lowest BCUT2D eigenvalue weighted by molar-refractivity contribution is -0.151. The standard InChI is InChI=1S/C20H27FN2O7S/c1-13-11-22(12-14(2)29-13)19(24)15(3)30-20(25)17-10-16(4-5-18(17)21)31(26,27)23-6-8-28-9-7-23/h4-5,10,13-15H,6-9,11-12H2,1-3H3. The van der Waals surface area contributed by atoms with Crippen molar-refractivity contribution in [3.8, 4) is 0 Å². The van der Waals surface area contributed by atoms with Crippen LogP contribution in [0, 0.1) is 5.82 Å². The summed E-state index contributed by atoms with van der Waals surface area (Å²) in [6.07, 6.45) is -1.48. The van der Waals surface area contributed by atoms with Crippen LogP contribution in [0.3, 0.4) is 0 Å². The van der Waals surface area contributed by atoms with Gasteiger partial charge >= 0.3 is 5.97 Å². The molecule has 11 heteroatoms. The van der Waals surface area contributed by atoms with Gasteiger partial charge in [0.1, 0.15) is 5.82 Å². The number of sulfonamides is 1. The van der Waals surface area contributed by atoms with Crippen LogP contribution in [-0.4, -0.2) is 87.2 Å². The fraction of sp³-hybridized carbons (Fsp3) is 0.600. The Balaban J connectivity index is 1.74. The number of rotatable bonds is 5. The number of carbonyl (C=O) groups excluding carboxylic acids is 2. The maximum atomic E-state index is 14.3. The van der Waals surface area contributed by atoms with Crippen molar-refractivity contribution in [3.05, 3.63) is 29.6 Å². The van der Waals surface area contributed by atoms with Gasteiger partial charge in [-0.05, 0) is 39.0 Å². The van der Waals surface area contributed by atoms with E-state index in [1.54, 1.807) is 0 Å². The van der Waals surface area contributed by atoms with E-state index in [0.29, 0.717) is 13.1 Å². The number of nitrogens with zero attached hydrogens (tertiary/aromatic N) is 2. The summed E-state index contributed by atoms with van der Waals surface area (Å²) in [5.41, 5.74) is -0.544. The third-order valence-corrected chi connectivity index (χ3v) is 7.02. The van der Waals surface area contributed by atoms with Gasteiger partial charge in [-0.1, -0.05) is 0 Å². The fourth-order valence-corrected chi connectivity index (χ4v) is 5.08. The van der Waals surface area contributed by atoms with Gasteiger partial charge in [0.2, 0.25) is 10.0 Å². The summed E-state index contributed by atoms with van der Waals surface area (Å²) in [4.78, 5) is 26.5. The van der Waals surface area contributed by atoms with Crippen molar-refractivity contribution in [2.45, 2.75) is 44.0 Å². The Hall–Kier alpha value is -2.08. The lowest BCUT2D eigenvalue weighted by Gasteiger charge is -2.36. The smallest absolute Gasteiger partial charge is 0.341 e. The number of hydrogen-bond donors (Lipinski definition) is 0. The first-order valence-electron chi connectivity index (χ1n) is 10.1. The molecular weight excluding hydrogens is 431 g/mol. The monoisotopic (exact) mass is 458 g/mol. The largest absolute Gasteiger partial charge is 0.449 e. The third-order valence-electron chi connectivity index (χ3n) is 5.13. The molecule has 0 saturated carbocycles. The fourth-order valence-electron chi connectivity index (χ4n) is 3.65. The molecule has 0 spiro atoms. The van der Waals surface area contributed by atoms with E-state index in [9.17, 15) is 22.4 Å². The molecule has 0 N–H and O–H groups in total. The highest BCUT2D eigenvalue weighted by molar-refractivity contribution is 7.89. The first-order chi connectivity index (χ1) is 14.6. The Labute approximate surface area is 181 Å². The number of benzene rings is 1. The van der Waals surface area contributed by atoms with E-state index in [1.807, 2.05) is 13.8 Å². The lowest BCUT2D eigenvalue weighted by Crippen LogP contribution is -2.51. The summed E-state index contributed by atoms with van der Waals surface area (Å²) < 4.78 is 57.0. The van der Waals surface area contributed by atoms with Gasteiger partial charge in [0.15, 0.2) is 6.10 Å². The van der Waals surface area contributed by atoms with Crippen molar-refractivity contribution in [2.24, 2.45) is 0 Å². The Kier molecular flexibility index (Phi) is 7.30. The van der Waals surface area contributed by atoms with Crippen molar-refractivity contribution >= 4 is 21.9 Å². The van der Waals surface area contributed by atoms with Gasteiger partial charge in [-0.3, -0.25) is 4.79 Å². The topological polar surface area (TPSA) is 102 Å². The van der Waals surface area contributed by atoms with Crippen molar-refractivity contribution in [1.82, 2.24) is 9.21 Å². The van der Waals surface area contributed by atoms with Gasteiger partial charge in [-0.2, -0.15) is 4.31 Å². The van der Waals surface area contributed by atoms with E-state index >= 15 is 0 Å². The van der Waals surface area contributed by atoms with Gasteiger partial charge < -0.3 is 19.1 Å². The number of esters is 1. The predicted octanol–water partition coefficient (Wildman–Crippen LogP) is 1.03. The molecule has 0 aromatic heterocycles. The van der Waals surface area contributed by atoms with Gasteiger partial charge in [0, 0.05) is 26.2 Å². The minimum Gasteiger partial charge on any atom is -0.449 e. The van der Waals surface area contributed by atoms with Crippen LogP contribution in [-0.2, 0) is 29.0 Å². The Morgan fingerprint density at radius 1 is 1.16 bits per heavy atom. The average molecular weight is 459 g/mol. The van der Waals surface area contributed by atoms with Crippen molar-refractivity contribution in [3.63, 3.8) is 0 Å². The normalized spacial score (nSPS) is 23.9. The maximum absolute atomic E-state index is 14.3. The van der Waals surface area contributed by atoms with E-state index < -0.39 is 39.4 Å². The van der Waals surface area contributed by atoms with Crippen LogP contribution >= 0.6 is 0 Å². The number of morpholine rings is 2. The molecule has 2 heterocycles. The highest BCUT2D eigenvalue weighted by atomic mass is 32.2. The van der Waals surface area contributed by atoms with Crippen LogP contribution in [0.1, 0.15) is 31.1 Å². The molecule has 2 saturated heterocycles. The van der Waals surface area contributed by atoms with E-state index in [0.717, 1.165) is 18.2 Å². The number of halogens is 1. The van der Waals surface area contributed by atoms with Crippen LogP contribution in [0.5, 0.6) is 0 Å². The predicted molar refractivity (Wildman–Crippen MR) is 107 cm³/mol. The van der Waals surface area contributed by atoms with E-state index in [-0.39, 0.29) is 43.4 Å². The molecule has 3 unspecified atom stereocenters. The second-order valence-electron chi connectivity index (χ2n) is 7.71. The van der Waals surface area contributed by atoms with Gasteiger partial charge in [-0.15, -0.1) is 0 Å². The molecule has 0 bridgehead atoms. The molecule has 1 aromatic carbocycles. The zero-order chi connectivity index (χ0) is 22.8. The molecule has 1 aromatic rings. The number of ether oxygens (including phenoxy) is 3. The molecule has 0 aliphatic carbocycles. The minimum atomic E-state index is -3.92. The van der Waals surface area contributed by atoms with Crippen LogP contribution in [0.2, 0.25) is 0 Å². The zero-order valence-electron chi connectivity index (χ0n) is 17.7. The molecule has 3 rings (SSSR count). The lowest BCUT2D eigenvalue weighted by atomic mass is 10.2. The van der Waals surface area contributed by atoms with Crippen LogP contribution in [0.25, 0.3) is 0 Å². The van der Waals surface area contributed by atoms with E-state index in [1.165, 1.54) is 16.1 Å². The molecule has 31 heavy (non-hydrogen) atoms. The first kappa shape index (κ1) is 23.6. The average Bonchev–Trinajstić information content (AvgIpc) is 2.73. The van der Waals surface area contributed by atoms with Crippen molar-refractivity contribution in [2.75, 3.05) is 39.4 Å². The highest BCUT2D eigenvalue weighted by Gasteiger charge is 2.32. The van der Waals surface area contributed by atoms with E-state index in [2.05, 4.69) is 0 Å². The summed E-state index contributed by atoms with van der Waals surface area (Å²) in [7, 11) is -3.92. The summed E-state index contributed by atoms with van der Waals surface area (Å²) in [6, 6.07) is 2.95. The molecule has 2 aliphatic rings. The summed E-state index contributed by atoms with van der Waals surface area (Å²) >= 11 is 0. The second kappa shape index (κ2) is 9.60. The summed E-state index contributed by atoms with van der Waals surface area (Å²) in [6.45, 7) is 6.63. The maximum Gasteiger partial charge on any atom is 0.341 e. The van der Waals surface area contributed by atoms with Crippen LogP contribution < -0.4 is 0 Å². The first-order valence-corrected chi connectivity index (χ1v) is 11.6. The molecule has 1 amide bonds. The third kappa shape index (κ3) is 5.40. The van der Waals surface area contributed by atoms with E-state index in [4.69, 9.17) is 14.2 Å². The molecular formula is C20H27FN2O7S. The highest BCUT2D eigenvalue weighted by Crippen LogP contribution is 2.21. The Bertz CT molecular complexity index is 923. The number of carbonyl (C=O) groups is 2. The molecule has 2 fully saturated rings. The molecule has 0 radical (unpaired) electrons. The summed E-state index contributed by atoms with van der Waals surface area (Å²) in [5, 5.41) is 0. The molecule has 172 valence electrons. The van der Waals surface area contributed by atoms with Crippen LogP contribution in [0.15, 0.2) is 23.1 Å². The van der Waals surface area contributed by atoms with Crippen molar-refractivity contribution < 1.29 is 36.6 Å². The quantitative estimate of drug-likeness (QED) is 0.607. The Morgan fingerprint density at radius 3 is 2.39 bits per heavy atom.